The zero-order valence-corrected chi connectivity index (χ0v) is 7.58. The summed E-state index contributed by atoms with van der Waals surface area (Å²) in [5, 5.41) is 0. The van der Waals surface area contributed by atoms with Gasteiger partial charge in [0.15, 0.2) is 0 Å². The Morgan fingerprint density at radius 1 is 1.58 bits per heavy atom. The molecule has 0 aromatic carbocycles. The van der Waals surface area contributed by atoms with Crippen LogP contribution < -0.4 is 0 Å². The molecule has 12 heavy (non-hydrogen) atoms. The van der Waals surface area contributed by atoms with Gasteiger partial charge in [0.2, 0.25) is 0 Å². The lowest BCUT2D eigenvalue weighted by Gasteiger charge is -2.09. The molecule has 2 heteroatoms. The van der Waals surface area contributed by atoms with Crippen molar-refractivity contribution in [2.75, 3.05) is 13.7 Å². The average Bonchev–Trinajstić information content (AvgIpc) is 2.87. The van der Waals surface area contributed by atoms with Crippen molar-refractivity contribution in [3.8, 4) is 0 Å². The molecule has 2 unspecified atom stereocenters. The average molecular weight is 168 g/mol. The zero-order chi connectivity index (χ0) is 8.39. The lowest BCUT2D eigenvalue weighted by Crippen LogP contribution is -2.06. The number of hydrogen-bond donors (Lipinski definition) is 0. The summed E-state index contributed by atoms with van der Waals surface area (Å²) in [6.45, 7) is 0.752. The summed E-state index contributed by atoms with van der Waals surface area (Å²) in [5.74, 6) is 0. The van der Waals surface area contributed by atoms with E-state index in [9.17, 15) is 0 Å². The number of rotatable bonds is 3. The van der Waals surface area contributed by atoms with Crippen LogP contribution in [0.4, 0.5) is 0 Å². The summed E-state index contributed by atoms with van der Waals surface area (Å²) in [5.41, 5.74) is 1.52. The first-order valence-electron chi connectivity index (χ1n) is 4.75. The van der Waals surface area contributed by atoms with E-state index in [-0.39, 0.29) is 0 Å². The molecule has 1 fully saturated rings. The van der Waals surface area contributed by atoms with E-state index in [4.69, 9.17) is 9.47 Å². The van der Waals surface area contributed by atoms with Gasteiger partial charge in [-0.2, -0.15) is 0 Å². The van der Waals surface area contributed by atoms with E-state index in [0.29, 0.717) is 12.2 Å². The van der Waals surface area contributed by atoms with Gasteiger partial charge in [0.25, 0.3) is 0 Å². The lowest BCUT2D eigenvalue weighted by molar-refractivity contribution is 0.171. The smallest absolute Gasteiger partial charge is 0.112 e. The number of ether oxygens (including phenoxy) is 2. The summed E-state index contributed by atoms with van der Waals surface area (Å²) >= 11 is 0. The summed E-state index contributed by atoms with van der Waals surface area (Å²) in [6.07, 6.45) is 8.30. The molecule has 1 saturated heterocycles. The molecule has 2 aliphatic rings. The summed E-state index contributed by atoms with van der Waals surface area (Å²) in [4.78, 5) is 0. The van der Waals surface area contributed by atoms with E-state index in [0.717, 1.165) is 6.61 Å². The molecule has 2 atom stereocenters. The maximum absolute atomic E-state index is 5.50. The second-order valence-corrected chi connectivity index (χ2v) is 3.58. The second kappa shape index (κ2) is 3.58. The highest BCUT2D eigenvalue weighted by molar-refractivity contribution is 5.18. The predicted octanol–water partition coefficient (Wildman–Crippen LogP) is 1.90. The van der Waals surface area contributed by atoms with Gasteiger partial charge < -0.3 is 9.47 Å². The van der Waals surface area contributed by atoms with Crippen LogP contribution in [0.1, 0.15) is 25.7 Å². The van der Waals surface area contributed by atoms with Crippen molar-refractivity contribution in [3.05, 3.63) is 11.6 Å². The van der Waals surface area contributed by atoms with Crippen LogP contribution in [0.2, 0.25) is 0 Å². The van der Waals surface area contributed by atoms with E-state index < -0.39 is 0 Å². The lowest BCUT2D eigenvalue weighted by atomic mass is 9.96. The summed E-state index contributed by atoms with van der Waals surface area (Å²) in [6, 6.07) is 0. The van der Waals surface area contributed by atoms with E-state index >= 15 is 0 Å². The summed E-state index contributed by atoms with van der Waals surface area (Å²) < 4.78 is 10.5. The monoisotopic (exact) mass is 168 g/mol. The van der Waals surface area contributed by atoms with E-state index in [1.165, 1.54) is 31.3 Å². The molecule has 68 valence electrons. The molecule has 0 aromatic heterocycles. The molecular weight excluding hydrogens is 152 g/mol. The SMILES string of the molecule is COCC1OC1C1=CCCCC1. The molecule has 0 N–H and O–H groups in total. The minimum atomic E-state index is 0.361. The molecule has 1 aliphatic heterocycles. The Labute approximate surface area is 73.5 Å². The van der Waals surface area contributed by atoms with Crippen molar-refractivity contribution in [1.82, 2.24) is 0 Å². The Kier molecular flexibility index (Phi) is 2.47. The van der Waals surface area contributed by atoms with Crippen LogP contribution in [0.5, 0.6) is 0 Å². The van der Waals surface area contributed by atoms with Crippen molar-refractivity contribution < 1.29 is 9.47 Å². The van der Waals surface area contributed by atoms with Crippen molar-refractivity contribution in [1.29, 1.82) is 0 Å². The Hall–Kier alpha value is -0.340. The first-order chi connectivity index (χ1) is 5.92. The largest absolute Gasteiger partial charge is 0.382 e. The van der Waals surface area contributed by atoms with E-state index in [1.807, 2.05) is 0 Å². The normalized spacial score (nSPS) is 34.6. The number of allylic oxidation sites excluding steroid dienone is 1. The molecule has 0 aromatic rings. The third-order valence-corrected chi connectivity index (χ3v) is 2.60. The van der Waals surface area contributed by atoms with E-state index in [1.54, 1.807) is 7.11 Å². The van der Waals surface area contributed by atoms with Gasteiger partial charge in [-0.3, -0.25) is 0 Å². The molecule has 2 rings (SSSR count). The fraction of sp³-hybridized carbons (Fsp3) is 0.800. The van der Waals surface area contributed by atoms with Crippen LogP contribution >= 0.6 is 0 Å². The second-order valence-electron chi connectivity index (χ2n) is 3.58. The van der Waals surface area contributed by atoms with Gasteiger partial charge in [-0.15, -0.1) is 0 Å². The van der Waals surface area contributed by atoms with Crippen LogP contribution in [0.3, 0.4) is 0 Å². The number of hydrogen-bond acceptors (Lipinski definition) is 2. The number of methoxy groups -OCH3 is 1. The van der Waals surface area contributed by atoms with Crippen LogP contribution in [-0.4, -0.2) is 25.9 Å². The standard InChI is InChI=1S/C10H16O2/c1-11-7-9-10(12-9)8-5-3-2-4-6-8/h5,9-10H,2-4,6-7H2,1H3. The van der Waals surface area contributed by atoms with Gasteiger partial charge in [-0.25, -0.2) is 0 Å². The molecule has 1 aliphatic carbocycles. The Bertz CT molecular complexity index is 186. The zero-order valence-electron chi connectivity index (χ0n) is 7.58. The maximum atomic E-state index is 5.50. The van der Waals surface area contributed by atoms with Gasteiger partial charge >= 0.3 is 0 Å². The van der Waals surface area contributed by atoms with Gasteiger partial charge in [0, 0.05) is 7.11 Å². The molecule has 0 radical (unpaired) electrons. The Balaban J connectivity index is 1.83. The van der Waals surface area contributed by atoms with Crippen LogP contribution in [0, 0.1) is 0 Å². The molecule has 0 amide bonds. The van der Waals surface area contributed by atoms with Crippen LogP contribution in [0.15, 0.2) is 11.6 Å². The minimum absolute atomic E-state index is 0.361. The fourth-order valence-electron chi connectivity index (χ4n) is 1.88. The third-order valence-electron chi connectivity index (χ3n) is 2.60. The van der Waals surface area contributed by atoms with Crippen LogP contribution in [-0.2, 0) is 9.47 Å². The van der Waals surface area contributed by atoms with Crippen LogP contribution in [0.25, 0.3) is 0 Å². The predicted molar refractivity (Wildman–Crippen MR) is 47.1 cm³/mol. The van der Waals surface area contributed by atoms with E-state index in [2.05, 4.69) is 6.08 Å². The van der Waals surface area contributed by atoms with Crippen molar-refractivity contribution in [2.45, 2.75) is 37.9 Å². The Morgan fingerprint density at radius 2 is 2.50 bits per heavy atom. The molecule has 1 heterocycles. The molecule has 0 spiro atoms. The van der Waals surface area contributed by atoms with Crippen molar-refractivity contribution in [3.63, 3.8) is 0 Å². The topological polar surface area (TPSA) is 21.8 Å². The Morgan fingerprint density at radius 3 is 3.17 bits per heavy atom. The third kappa shape index (κ3) is 1.70. The van der Waals surface area contributed by atoms with Crippen molar-refractivity contribution >= 4 is 0 Å². The quantitative estimate of drug-likeness (QED) is 0.474. The minimum Gasteiger partial charge on any atom is -0.382 e. The molecule has 2 nitrogen and oxygen atoms in total. The maximum Gasteiger partial charge on any atom is 0.112 e. The van der Waals surface area contributed by atoms with Gasteiger partial charge in [-0.1, -0.05) is 6.08 Å². The fourth-order valence-corrected chi connectivity index (χ4v) is 1.88. The highest BCUT2D eigenvalue weighted by Crippen LogP contribution is 2.34. The highest BCUT2D eigenvalue weighted by Gasteiger charge is 2.41. The number of epoxide rings is 1. The van der Waals surface area contributed by atoms with Gasteiger partial charge in [0.1, 0.15) is 12.2 Å². The van der Waals surface area contributed by atoms with Gasteiger partial charge in [-0.05, 0) is 31.3 Å². The molecular formula is C10H16O2. The molecule has 0 bridgehead atoms. The van der Waals surface area contributed by atoms with Crippen molar-refractivity contribution in [2.24, 2.45) is 0 Å². The van der Waals surface area contributed by atoms with Gasteiger partial charge in [0.05, 0.1) is 6.61 Å². The summed E-state index contributed by atoms with van der Waals surface area (Å²) in [7, 11) is 1.73. The molecule has 0 saturated carbocycles. The first kappa shape index (κ1) is 8.27. The first-order valence-corrected chi connectivity index (χ1v) is 4.75. The highest BCUT2D eigenvalue weighted by atomic mass is 16.6.